The molecule has 3 heteroatoms. The molecule has 0 saturated carbocycles. The van der Waals surface area contributed by atoms with Crippen molar-refractivity contribution in [2.75, 3.05) is 21.1 Å². The maximum atomic E-state index is 9.17. The summed E-state index contributed by atoms with van der Waals surface area (Å²) in [6.45, 7) is 1.98. The number of nitrogens with zero attached hydrogens (tertiary/aromatic N) is 1. The Morgan fingerprint density at radius 3 is 1.67 bits per heavy atom. The van der Waals surface area contributed by atoms with Gasteiger partial charge in [-0.1, -0.05) is 6.92 Å². The number of halogens is 1. The van der Waals surface area contributed by atoms with Crippen LogP contribution in [-0.4, -0.2) is 37.0 Å². The smallest absolute Gasteiger partial charge is 0.189 e. The van der Waals surface area contributed by atoms with E-state index >= 15 is 0 Å². The zero-order valence-corrected chi connectivity index (χ0v) is 6.56. The van der Waals surface area contributed by atoms with E-state index in [1.165, 1.54) is 0 Å². The second-order valence-corrected chi connectivity index (χ2v) is 3.01. The second kappa shape index (κ2) is 3.80. The molecule has 0 aromatic carbocycles. The van der Waals surface area contributed by atoms with Crippen LogP contribution < -0.4 is 4.70 Å². The van der Waals surface area contributed by atoms with Gasteiger partial charge in [-0.05, 0) is 0 Å². The van der Waals surface area contributed by atoms with Gasteiger partial charge in [-0.2, -0.15) is 0 Å². The summed E-state index contributed by atoms with van der Waals surface area (Å²) in [7, 11) is 5.94. The van der Waals surface area contributed by atoms with Crippen molar-refractivity contribution in [2.24, 2.45) is 0 Å². The molecule has 0 spiro atoms. The van der Waals surface area contributed by atoms with Crippen LogP contribution in [0.1, 0.15) is 13.3 Å². The van der Waals surface area contributed by atoms with Crippen LogP contribution in [0.25, 0.3) is 0 Å². The van der Waals surface area contributed by atoms with Gasteiger partial charge in [0.25, 0.3) is 0 Å². The van der Waals surface area contributed by atoms with E-state index in [1.807, 2.05) is 28.1 Å². The van der Waals surface area contributed by atoms with Crippen molar-refractivity contribution in [1.29, 1.82) is 0 Å². The fraction of sp³-hybridized carbons (Fsp3) is 1.00. The van der Waals surface area contributed by atoms with Crippen LogP contribution in [0, 0.1) is 0 Å². The summed E-state index contributed by atoms with van der Waals surface area (Å²) in [5.74, 6) is 0. The molecular formula is C6H16FNO. The molecule has 0 aliphatic rings. The fourth-order valence-corrected chi connectivity index (χ4v) is 0.548. The summed E-state index contributed by atoms with van der Waals surface area (Å²) in [5.41, 5.74) is 0. The third-order valence-corrected chi connectivity index (χ3v) is 1.26. The maximum Gasteiger partial charge on any atom is 0.189 e. The normalized spacial score (nSPS) is 14.3. The molecule has 0 radical (unpaired) electrons. The van der Waals surface area contributed by atoms with Gasteiger partial charge in [-0.15, -0.1) is 0 Å². The Hall–Kier alpha value is -0.150. The molecule has 0 heterocycles. The highest BCUT2D eigenvalue weighted by Gasteiger charge is 2.16. The van der Waals surface area contributed by atoms with Crippen molar-refractivity contribution in [1.82, 2.24) is 0 Å². The summed E-state index contributed by atoms with van der Waals surface area (Å²) in [5, 5.41) is 9.17. The Bertz CT molecular complexity index is 69.9. The van der Waals surface area contributed by atoms with E-state index in [0.717, 1.165) is 6.42 Å². The van der Waals surface area contributed by atoms with Crippen LogP contribution in [-0.2, 0) is 0 Å². The van der Waals surface area contributed by atoms with Crippen molar-refractivity contribution >= 4 is 0 Å². The quantitative estimate of drug-likeness (QED) is 0.327. The first kappa shape index (κ1) is 11.6. The number of quaternary nitrogens is 1. The standard InChI is InChI=1S/C6H16NO.FH/c1-5-6(8)7(2,3)4;/h6,8H,5H2,1-4H3;1H/q+1;/p-1. The summed E-state index contributed by atoms with van der Waals surface area (Å²) in [6.07, 6.45) is 0.610. The summed E-state index contributed by atoms with van der Waals surface area (Å²) in [4.78, 5) is 0. The fourth-order valence-electron chi connectivity index (χ4n) is 0.548. The monoisotopic (exact) mass is 137 g/mol. The van der Waals surface area contributed by atoms with Gasteiger partial charge in [0.05, 0.1) is 21.1 Å². The minimum absolute atomic E-state index is 0. The molecule has 0 saturated heterocycles. The number of hydrogen-bond donors (Lipinski definition) is 1. The molecule has 9 heavy (non-hydrogen) atoms. The van der Waals surface area contributed by atoms with Crippen LogP contribution in [0.4, 0.5) is 0 Å². The van der Waals surface area contributed by atoms with Gasteiger partial charge >= 0.3 is 0 Å². The van der Waals surface area contributed by atoms with Gasteiger partial charge in [-0.25, -0.2) is 0 Å². The van der Waals surface area contributed by atoms with Crippen molar-refractivity contribution < 1.29 is 14.3 Å². The highest BCUT2D eigenvalue weighted by atomic mass is 19.0. The number of aliphatic hydroxyl groups is 1. The zero-order valence-electron chi connectivity index (χ0n) is 6.56. The molecule has 0 amide bonds. The van der Waals surface area contributed by atoms with Crippen LogP contribution in [0.2, 0.25) is 0 Å². The Balaban J connectivity index is 0. The SMILES string of the molecule is CCC(O)[N+](C)(C)C.[F-]. The average Bonchev–Trinajstić information content (AvgIpc) is 1.62. The molecule has 1 N–H and O–H groups in total. The molecule has 1 atom stereocenters. The van der Waals surface area contributed by atoms with Crippen LogP contribution >= 0.6 is 0 Å². The predicted octanol–water partition coefficient (Wildman–Crippen LogP) is -2.57. The molecule has 0 rings (SSSR count). The third-order valence-electron chi connectivity index (χ3n) is 1.26. The van der Waals surface area contributed by atoms with E-state index in [4.69, 9.17) is 5.11 Å². The van der Waals surface area contributed by atoms with E-state index in [1.54, 1.807) is 0 Å². The Morgan fingerprint density at radius 2 is 1.67 bits per heavy atom. The first-order chi connectivity index (χ1) is 3.48. The Kier molecular flexibility index (Phi) is 4.90. The Labute approximate surface area is 56.1 Å². The summed E-state index contributed by atoms with van der Waals surface area (Å²) < 4.78 is 0.635. The van der Waals surface area contributed by atoms with E-state index in [0.29, 0.717) is 4.48 Å². The Morgan fingerprint density at radius 1 is 1.33 bits per heavy atom. The topological polar surface area (TPSA) is 20.2 Å². The lowest BCUT2D eigenvalue weighted by Gasteiger charge is -2.28. The van der Waals surface area contributed by atoms with Crippen LogP contribution in [0.3, 0.4) is 0 Å². The van der Waals surface area contributed by atoms with Gasteiger partial charge in [0.15, 0.2) is 6.23 Å². The number of hydrogen-bond acceptors (Lipinski definition) is 1. The maximum absolute atomic E-state index is 9.17. The molecule has 0 aromatic rings. The lowest BCUT2D eigenvalue weighted by Crippen LogP contribution is -3.00. The second-order valence-electron chi connectivity index (χ2n) is 3.01. The molecule has 2 nitrogen and oxygen atoms in total. The molecule has 0 fully saturated rings. The number of aliphatic hydroxyl groups excluding tert-OH is 1. The summed E-state index contributed by atoms with van der Waals surface area (Å²) >= 11 is 0. The van der Waals surface area contributed by atoms with Gasteiger partial charge < -0.3 is 14.3 Å². The highest BCUT2D eigenvalue weighted by Crippen LogP contribution is 2.01. The average molecular weight is 137 g/mol. The van der Waals surface area contributed by atoms with Crippen molar-refractivity contribution in [3.63, 3.8) is 0 Å². The molecule has 58 valence electrons. The van der Waals surface area contributed by atoms with Gasteiger partial charge in [-0.3, -0.25) is 0 Å². The molecule has 0 aromatic heterocycles. The van der Waals surface area contributed by atoms with Gasteiger partial charge in [0.2, 0.25) is 0 Å². The van der Waals surface area contributed by atoms with Crippen molar-refractivity contribution in [3.05, 3.63) is 0 Å². The first-order valence-electron chi connectivity index (χ1n) is 2.97. The van der Waals surface area contributed by atoms with E-state index in [-0.39, 0.29) is 10.9 Å². The minimum atomic E-state index is -0.213. The third kappa shape index (κ3) is 4.36. The van der Waals surface area contributed by atoms with Gasteiger partial charge in [0, 0.05) is 6.42 Å². The van der Waals surface area contributed by atoms with Crippen molar-refractivity contribution in [2.45, 2.75) is 19.6 Å². The minimum Gasteiger partial charge on any atom is -1.00 e. The van der Waals surface area contributed by atoms with Gasteiger partial charge in [0.1, 0.15) is 0 Å². The van der Waals surface area contributed by atoms with Crippen LogP contribution in [0.5, 0.6) is 0 Å². The van der Waals surface area contributed by atoms with Crippen LogP contribution in [0.15, 0.2) is 0 Å². The van der Waals surface area contributed by atoms with Crippen molar-refractivity contribution in [3.8, 4) is 0 Å². The molecule has 0 bridgehead atoms. The van der Waals surface area contributed by atoms with E-state index < -0.39 is 0 Å². The lowest BCUT2D eigenvalue weighted by atomic mass is 10.4. The largest absolute Gasteiger partial charge is 1.00 e. The molecule has 0 aliphatic carbocycles. The number of rotatable bonds is 2. The predicted molar refractivity (Wildman–Crippen MR) is 34.3 cm³/mol. The highest BCUT2D eigenvalue weighted by molar-refractivity contribution is 4.30. The lowest BCUT2D eigenvalue weighted by molar-refractivity contribution is -0.918. The van der Waals surface area contributed by atoms with E-state index in [9.17, 15) is 0 Å². The first-order valence-corrected chi connectivity index (χ1v) is 2.97. The molecule has 0 aliphatic heterocycles. The molecule has 1 unspecified atom stereocenters. The molecular weight excluding hydrogens is 121 g/mol. The zero-order chi connectivity index (χ0) is 6.78. The van der Waals surface area contributed by atoms with E-state index in [2.05, 4.69) is 0 Å². The summed E-state index contributed by atoms with van der Waals surface area (Å²) in [6, 6.07) is 0.